The van der Waals surface area contributed by atoms with Gasteiger partial charge in [0.2, 0.25) is 12.3 Å². The van der Waals surface area contributed by atoms with E-state index in [1.165, 1.54) is 0 Å². The van der Waals surface area contributed by atoms with E-state index in [9.17, 15) is 9.59 Å². The van der Waals surface area contributed by atoms with E-state index >= 15 is 0 Å². The van der Waals surface area contributed by atoms with Crippen LogP contribution in [0.4, 0.5) is 0 Å². The van der Waals surface area contributed by atoms with Crippen LogP contribution in [0.15, 0.2) is 53.3 Å². The van der Waals surface area contributed by atoms with Crippen LogP contribution in [0.2, 0.25) is 0 Å². The van der Waals surface area contributed by atoms with Gasteiger partial charge in [-0.1, -0.05) is 28.1 Å². The largest absolute Gasteiger partial charge is 1.00 e. The van der Waals surface area contributed by atoms with Crippen molar-refractivity contribution < 1.29 is 31.1 Å². The quantitative estimate of drug-likeness (QED) is 0.442. The molecule has 0 bridgehead atoms. The molecule has 0 saturated carbocycles. The van der Waals surface area contributed by atoms with Crippen LogP contribution in [0.3, 0.4) is 0 Å². The fourth-order valence-corrected chi connectivity index (χ4v) is 2.28. The van der Waals surface area contributed by atoms with Crippen molar-refractivity contribution in [3.63, 3.8) is 0 Å². The predicted molar refractivity (Wildman–Crippen MR) is 88.0 cm³/mol. The van der Waals surface area contributed by atoms with Crippen molar-refractivity contribution in [1.82, 2.24) is 4.90 Å². The molecule has 122 valence electrons. The Morgan fingerprint density at radius 3 is 2.00 bits per heavy atom. The van der Waals surface area contributed by atoms with E-state index in [1.54, 1.807) is 41.2 Å². The number of Topliss-reactive ketones (excluding diaryl/α,β-unsaturated/α-hetero) is 2. The summed E-state index contributed by atoms with van der Waals surface area (Å²) in [7, 11) is 3.72. The first-order valence-electron chi connectivity index (χ1n) is 6.91. The molecule has 0 fully saturated rings. The Balaban J connectivity index is 0.00000264. The maximum atomic E-state index is 12.2. The molecular weight excluding hydrogens is 424 g/mol. The fourth-order valence-electron chi connectivity index (χ4n) is 2.02. The van der Waals surface area contributed by atoms with E-state index in [-0.39, 0.29) is 35.1 Å². The molecule has 1 aromatic heterocycles. The van der Waals surface area contributed by atoms with Gasteiger partial charge in [0.05, 0.1) is 6.54 Å². The number of hydrogen-bond donors (Lipinski definition) is 0. The molecule has 1 aromatic carbocycles. The highest BCUT2D eigenvalue weighted by atomic mass is 79.9. The van der Waals surface area contributed by atoms with Crippen LogP contribution in [-0.2, 0) is 6.54 Å². The summed E-state index contributed by atoms with van der Waals surface area (Å²) in [6.07, 6.45) is 3.53. The van der Waals surface area contributed by atoms with Crippen LogP contribution < -0.4 is 21.5 Å². The second-order valence-electron chi connectivity index (χ2n) is 5.35. The smallest absolute Gasteiger partial charge is 0.227 e. The number of carbonyl (C=O) groups excluding carboxylic acids is 2. The Bertz CT molecular complexity index is 668. The normalized spacial score (nSPS) is 10.3. The Labute approximate surface area is 155 Å². The maximum absolute atomic E-state index is 12.2. The first-order valence-corrected chi connectivity index (χ1v) is 7.71. The molecule has 2 rings (SSSR count). The molecule has 0 amide bonds. The average molecular weight is 442 g/mol. The van der Waals surface area contributed by atoms with Crippen molar-refractivity contribution in [3.05, 3.63) is 64.4 Å². The molecule has 2 aromatic rings. The van der Waals surface area contributed by atoms with E-state index in [0.717, 1.165) is 4.47 Å². The van der Waals surface area contributed by atoms with Gasteiger partial charge in [0.15, 0.2) is 18.2 Å². The third-order valence-corrected chi connectivity index (χ3v) is 3.69. The molecule has 0 aliphatic carbocycles. The van der Waals surface area contributed by atoms with E-state index < -0.39 is 0 Å². The summed E-state index contributed by atoms with van der Waals surface area (Å²) in [5, 5.41) is 0. The minimum atomic E-state index is 0. The van der Waals surface area contributed by atoms with E-state index in [4.69, 9.17) is 0 Å². The molecular formula is C17H18Br2N2O2. The van der Waals surface area contributed by atoms with Gasteiger partial charge >= 0.3 is 0 Å². The predicted octanol–water partition coefficient (Wildman–Crippen LogP) is -0.632. The number of hydrogen-bond acceptors (Lipinski definition) is 3. The molecule has 0 saturated heterocycles. The summed E-state index contributed by atoms with van der Waals surface area (Å²) in [6.45, 7) is 0.631. The van der Waals surface area contributed by atoms with Gasteiger partial charge in [0.25, 0.3) is 0 Å². The number of halogens is 2. The van der Waals surface area contributed by atoms with Crippen molar-refractivity contribution in [2.24, 2.45) is 0 Å². The SMILES string of the molecule is CN(C)CC(=O)c1cc[n+](CC(=O)c2ccc(Br)cc2)cc1.[Br-]. The molecule has 6 heteroatoms. The second-order valence-corrected chi connectivity index (χ2v) is 6.27. The molecule has 1 heterocycles. The molecule has 0 N–H and O–H groups in total. The Kier molecular flexibility index (Phi) is 7.75. The standard InChI is InChI=1S/C17H18BrN2O2.BrH/c1-19(2)11-16(21)14-7-9-20(10-8-14)12-17(22)13-3-5-15(18)6-4-13;/h3-10H,11-12H2,1-2H3;1H/q+1;/p-1. The number of rotatable bonds is 6. The molecule has 23 heavy (non-hydrogen) atoms. The molecule has 0 radical (unpaired) electrons. The molecule has 0 unspecified atom stereocenters. The number of nitrogens with zero attached hydrogens (tertiary/aromatic N) is 2. The number of ketones is 2. The summed E-state index contributed by atoms with van der Waals surface area (Å²) in [4.78, 5) is 25.9. The zero-order valence-corrected chi connectivity index (χ0v) is 16.2. The number of pyridine rings is 1. The first kappa shape index (κ1) is 19.7. The van der Waals surface area contributed by atoms with Gasteiger partial charge < -0.3 is 21.9 Å². The Morgan fingerprint density at radius 2 is 1.48 bits per heavy atom. The van der Waals surface area contributed by atoms with E-state index in [2.05, 4.69) is 15.9 Å². The highest BCUT2D eigenvalue weighted by molar-refractivity contribution is 9.10. The van der Waals surface area contributed by atoms with Crippen LogP contribution in [0, 0.1) is 0 Å². The van der Waals surface area contributed by atoms with E-state index in [0.29, 0.717) is 17.7 Å². The van der Waals surface area contributed by atoms with Crippen molar-refractivity contribution >= 4 is 27.5 Å². The van der Waals surface area contributed by atoms with Crippen LogP contribution in [0.1, 0.15) is 20.7 Å². The zero-order valence-electron chi connectivity index (χ0n) is 13.0. The first-order chi connectivity index (χ1) is 10.5. The van der Waals surface area contributed by atoms with Gasteiger partial charge in [-0.2, -0.15) is 4.57 Å². The van der Waals surface area contributed by atoms with E-state index in [1.807, 2.05) is 31.1 Å². The zero-order chi connectivity index (χ0) is 16.1. The average Bonchev–Trinajstić information content (AvgIpc) is 2.48. The lowest BCUT2D eigenvalue weighted by Crippen LogP contribution is -3.00. The molecule has 0 aliphatic heterocycles. The Hall–Kier alpha value is -1.37. The topological polar surface area (TPSA) is 41.3 Å². The Morgan fingerprint density at radius 1 is 0.957 bits per heavy atom. The van der Waals surface area contributed by atoms with Crippen LogP contribution in [0.5, 0.6) is 0 Å². The van der Waals surface area contributed by atoms with Crippen molar-refractivity contribution in [2.75, 3.05) is 20.6 Å². The molecule has 4 nitrogen and oxygen atoms in total. The number of aromatic nitrogens is 1. The van der Waals surface area contributed by atoms with Crippen molar-refractivity contribution in [2.45, 2.75) is 6.54 Å². The molecule has 0 aliphatic rings. The lowest BCUT2D eigenvalue weighted by Gasteiger charge is -2.07. The van der Waals surface area contributed by atoms with Gasteiger partial charge in [0.1, 0.15) is 0 Å². The summed E-state index contributed by atoms with van der Waals surface area (Å²) in [5.41, 5.74) is 1.32. The lowest BCUT2D eigenvalue weighted by molar-refractivity contribution is -0.683. The van der Waals surface area contributed by atoms with Gasteiger partial charge in [0, 0.05) is 27.7 Å². The second kappa shape index (κ2) is 9.05. The van der Waals surface area contributed by atoms with Gasteiger partial charge in [-0.25, -0.2) is 0 Å². The van der Waals surface area contributed by atoms with Gasteiger partial charge in [-0.05, 0) is 26.2 Å². The third-order valence-electron chi connectivity index (χ3n) is 3.17. The highest BCUT2D eigenvalue weighted by Crippen LogP contribution is 2.11. The minimum absolute atomic E-state index is 0. The lowest BCUT2D eigenvalue weighted by atomic mass is 10.1. The molecule has 0 spiro atoms. The summed E-state index contributed by atoms with van der Waals surface area (Å²) in [5.74, 6) is 0.0984. The van der Waals surface area contributed by atoms with Gasteiger partial charge in [-0.15, -0.1) is 0 Å². The van der Waals surface area contributed by atoms with Crippen LogP contribution >= 0.6 is 15.9 Å². The van der Waals surface area contributed by atoms with Crippen molar-refractivity contribution in [3.8, 4) is 0 Å². The van der Waals surface area contributed by atoms with Gasteiger partial charge in [-0.3, -0.25) is 9.59 Å². The fraction of sp³-hybridized carbons (Fsp3) is 0.235. The summed E-state index contributed by atoms with van der Waals surface area (Å²) in [6, 6.07) is 10.8. The number of carbonyl (C=O) groups is 2. The molecule has 0 atom stereocenters. The number of benzene rings is 1. The minimum Gasteiger partial charge on any atom is -1.00 e. The monoisotopic (exact) mass is 440 g/mol. The summed E-state index contributed by atoms with van der Waals surface area (Å²) >= 11 is 3.35. The van der Waals surface area contributed by atoms with Crippen molar-refractivity contribution in [1.29, 1.82) is 0 Å². The van der Waals surface area contributed by atoms with Crippen LogP contribution in [-0.4, -0.2) is 37.1 Å². The maximum Gasteiger partial charge on any atom is 0.227 e. The highest BCUT2D eigenvalue weighted by Gasteiger charge is 2.13. The third kappa shape index (κ3) is 5.97. The summed E-state index contributed by atoms with van der Waals surface area (Å²) < 4.78 is 2.72. The van der Waals surface area contributed by atoms with Crippen LogP contribution in [0.25, 0.3) is 0 Å². The number of likely N-dealkylation sites (N-methyl/N-ethyl adjacent to an activating group) is 1.